The maximum atomic E-state index is 11.8. The average molecular weight is 480 g/mol. The lowest BCUT2D eigenvalue weighted by molar-refractivity contribution is -0.120. The van der Waals surface area contributed by atoms with Gasteiger partial charge in [0.1, 0.15) is 18.5 Å². The van der Waals surface area contributed by atoms with Crippen LogP contribution in [0.15, 0.2) is 30.5 Å². The zero-order valence-electron chi connectivity index (χ0n) is 18.1. The number of hydrogen-bond donors (Lipinski definition) is 4. The van der Waals surface area contributed by atoms with Gasteiger partial charge in [0.25, 0.3) is 0 Å². The highest BCUT2D eigenvalue weighted by molar-refractivity contribution is 9.09. The van der Waals surface area contributed by atoms with Crippen LogP contribution in [0.4, 0.5) is 0 Å². The zero-order valence-corrected chi connectivity index (χ0v) is 19.7. The van der Waals surface area contributed by atoms with Gasteiger partial charge in [0, 0.05) is 34.7 Å². The maximum absolute atomic E-state index is 11.8. The molecular weight excluding hydrogens is 446 g/mol. The van der Waals surface area contributed by atoms with Crippen molar-refractivity contribution < 1.29 is 14.6 Å². The fraction of sp³-hybridized carbons (Fsp3) is 0.609. The van der Waals surface area contributed by atoms with Crippen LogP contribution >= 0.6 is 15.9 Å². The lowest BCUT2D eigenvalue weighted by atomic mass is 9.70. The number of ether oxygens (including phenoxy) is 1. The molecule has 1 fully saturated rings. The summed E-state index contributed by atoms with van der Waals surface area (Å²) in [6.45, 7) is 7.26. The van der Waals surface area contributed by atoms with Crippen molar-refractivity contribution in [1.82, 2.24) is 15.6 Å². The fourth-order valence-electron chi connectivity index (χ4n) is 4.42. The number of aliphatic hydroxyl groups is 1. The first kappa shape index (κ1) is 23.1. The van der Waals surface area contributed by atoms with Gasteiger partial charge in [0.15, 0.2) is 0 Å². The first-order valence-electron chi connectivity index (χ1n) is 10.7. The van der Waals surface area contributed by atoms with Crippen molar-refractivity contribution in [3.05, 3.63) is 30.5 Å². The molecule has 1 aliphatic rings. The summed E-state index contributed by atoms with van der Waals surface area (Å²) < 4.78 is 5.87. The molecule has 1 amide bonds. The number of carbonyl (C=O) groups excluding carboxylic acids is 1. The third-order valence-corrected chi connectivity index (χ3v) is 6.96. The van der Waals surface area contributed by atoms with Crippen molar-refractivity contribution in [1.29, 1.82) is 0 Å². The molecule has 0 spiro atoms. The Balaban J connectivity index is 1.45. The Morgan fingerprint density at radius 3 is 2.80 bits per heavy atom. The monoisotopic (exact) mass is 479 g/mol. The van der Waals surface area contributed by atoms with Crippen LogP contribution in [0.25, 0.3) is 10.9 Å². The van der Waals surface area contributed by atoms with E-state index in [-0.39, 0.29) is 23.6 Å². The molecule has 30 heavy (non-hydrogen) atoms. The van der Waals surface area contributed by atoms with Gasteiger partial charge < -0.3 is 25.5 Å². The Morgan fingerprint density at radius 1 is 1.37 bits per heavy atom. The number of aromatic amines is 1. The molecule has 1 aliphatic carbocycles. The van der Waals surface area contributed by atoms with Gasteiger partial charge in [-0.2, -0.15) is 0 Å². The summed E-state index contributed by atoms with van der Waals surface area (Å²) in [4.78, 5) is 14.9. The van der Waals surface area contributed by atoms with Crippen LogP contribution in [-0.4, -0.2) is 51.7 Å². The maximum Gasteiger partial charge on any atom is 0.231 e. The summed E-state index contributed by atoms with van der Waals surface area (Å²) in [5, 5.41) is 18.5. The number of alkyl halides is 1. The van der Waals surface area contributed by atoms with E-state index in [0.29, 0.717) is 17.8 Å². The lowest BCUT2D eigenvalue weighted by Gasteiger charge is -2.44. The van der Waals surface area contributed by atoms with Gasteiger partial charge in [-0.1, -0.05) is 22.0 Å². The van der Waals surface area contributed by atoms with E-state index in [4.69, 9.17) is 4.74 Å². The van der Waals surface area contributed by atoms with Gasteiger partial charge in [0.2, 0.25) is 5.91 Å². The fourth-order valence-corrected chi connectivity index (χ4v) is 4.56. The molecule has 1 aromatic carbocycles. The second-order valence-corrected chi connectivity index (χ2v) is 9.84. The van der Waals surface area contributed by atoms with Crippen molar-refractivity contribution in [2.45, 2.75) is 63.6 Å². The predicted molar refractivity (Wildman–Crippen MR) is 124 cm³/mol. The number of fused-ring (bicyclic) bond motifs is 1. The summed E-state index contributed by atoms with van der Waals surface area (Å²) in [5.74, 6) is 1.32. The Labute approximate surface area is 187 Å². The van der Waals surface area contributed by atoms with E-state index in [0.717, 1.165) is 42.3 Å². The summed E-state index contributed by atoms with van der Waals surface area (Å²) in [5.41, 5.74) is 0.810. The van der Waals surface area contributed by atoms with Gasteiger partial charge >= 0.3 is 0 Å². The van der Waals surface area contributed by atoms with Crippen molar-refractivity contribution in [3.8, 4) is 5.75 Å². The molecule has 1 saturated carbocycles. The molecule has 1 aromatic heterocycles. The van der Waals surface area contributed by atoms with Crippen LogP contribution in [0, 0.1) is 5.92 Å². The minimum Gasteiger partial charge on any atom is -0.490 e. The number of aliphatic hydroxyl groups excluding tert-OH is 1. The van der Waals surface area contributed by atoms with E-state index in [2.05, 4.69) is 52.3 Å². The highest BCUT2D eigenvalue weighted by Crippen LogP contribution is 2.37. The van der Waals surface area contributed by atoms with Gasteiger partial charge in [-0.25, -0.2) is 0 Å². The molecule has 1 atom stereocenters. The molecule has 0 radical (unpaired) electrons. The number of β-amino-alcohol motifs (C(OH)–C–C–N with tert-alkyl or cyclic N) is 1. The number of carbonyl (C=O) groups is 1. The van der Waals surface area contributed by atoms with Crippen LogP contribution < -0.4 is 15.4 Å². The van der Waals surface area contributed by atoms with Crippen LogP contribution in [-0.2, 0) is 4.79 Å². The average Bonchev–Trinajstić information content (AvgIpc) is 3.20. The summed E-state index contributed by atoms with van der Waals surface area (Å²) in [7, 11) is 0. The summed E-state index contributed by atoms with van der Waals surface area (Å²) >= 11 is 3.22. The number of nitrogens with one attached hydrogen (secondary N) is 3. The molecule has 4 N–H and O–H groups in total. The highest BCUT2D eigenvalue weighted by atomic mass is 79.9. The quantitative estimate of drug-likeness (QED) is 0.412. The Kier molecular flexibility index (Phi) is 7.47. The van der Waals surface area contributed by atoms with E-state index < -0.39 is 6.10 Å². The first-order chi connectivity index (χ1) is 14.2. The van der Waals surface area contributed by atoms with Gasteiger partial charge in [-0.15, -0.1) is 0 Å². The molecule has 166 valence electrons. The van der Waals surface area contributed by atoms with E-state index in [9.17, 15) is 9.90 Å². The summed E-state index contributed by atoms with van der Waals surface area (Å²) in [6, 6.07) is 7.85. The molecule has 0 saturated heterocycles. The van der Waals surface area contributed by atoms with Crippen molar-refractivity contribution in [2.24, 2.45) is 5.92 Å². The minimum atomic E-state index is -0.592. The lowest BCUT2D eigenvalue weighted by Crippen LogP contribution is -2.54. The number of aromatic nitrogens is 1. The molecule has 3 rings (SSSR count). The predicted octanol–water partition coefficient (Wildman–Crippen LogP) is 3.74. The third-order valence-electron chi connectivity index (χ3n) is 6.45. The second kappa shape index (κ2) is 9.71. The molecule has 6 nitrogen and oxygen atoms in total. The van der Waals surface area contributed by atoms with E-state index in [1.807, 2.05) is 30.5 Å². The van der Waals surface area contributed by atoms with Gasteiger partial charge in [0.05, 0.1) is 5.33 Å². The Bertz CT molecular complexity index is 843. The van der Waals surface area contributed by atoms with Gasteiger partial charge in [-0.3, -0.25) is 4.79 Å². The third kappa shape index (κ3) is 5.77. The Hall–Kier alpha value is -1.57. The molecule has 2 aromatic rings. The topological polar surface area (TPSA) is 86.4 Å². The minimum absolute atomic E-state index is 0.0480. The first-order valence-corrected chi connectivity index (χ1v) is 11.8. The molecule has 1 heterocycles. The number of H-pyrrole nitrogens is 1. The van der Waals surface area contributed by atoms with E-state index in [1.54, 1.807) is 0 Å². The number of benzene rings is 1. The van der Waals surface area contributed by atoms with Crippen molar-refractivity contribution in [3.63, 3.8) is 0 Å². The largest absolute Gasteiger partial charge is 0.490 e. The van der Waals surface area contributed by atoms with Crippen LogP contribution in [0.5, 0.6) is 5.75 Å². The van der Waals surface area contributed by atoms with Gasteiger partial charge in [-0.05, 0) is 70.6 Å². The second-order valence-electron chi connectivity index (χ2n) is 9.28. The Morgan fingerprint density at radius 2 is 2.10 bits per heavy atom. The number of amides is 1. The molecule has 0 unspecified atom stereocenters. The molecule has 7 heteroatoms. The molecule has 0 bridgehead atoms. The molecule has 0 aliphatic heterocycles. The normalized spacial score (nSPS) is 23.3. The van der Waals surface area contributed by atoms with Crippen LogP contribution in [0.3, 0.4) is 0 Å². The van der Waals surface area contributed by atoms with Crippen LogP contribution in [0.2, 0.25) is 0 Å². The summed E-state index contributed by atoms with van der Waals surface area (Å²) in [6.07, 6.45) is 5.31. The van der Waals surface area contributed by atoms with Crippen LogP contribution in [0.1, 0.15) is 46.5 Å². The number of hydrogen-bond acceptors (Lipinski definition) is 4. The number of halogens is 1. The van der Waals surface area contributed by atoms with E-state index in [1.165, 1.54) is 0 Å². The number of rotatable bonds is 9. The van der Waals surface area contributed by atoms with Crippen molar-refractivity contribution in [2.75, 3.05) is 18.5 Å². The smallest absolute Gasteiger partial charge is 0.231 e. The standard InChI is InChI=1S/C23H34BrN3O3/c1-22(2,16-7-10-23(3,11-8-16)27-21(29)13-24)26-14-17(28)15-30-20-6-4-5-19-18(20)9-12-25-19/h4-6,9,12,16-17,25-26,28H,7-8,10-11,13-15H2,1-3H3,(H,27,29)/t16?,17-,23?/m1/s1. The highest BCUT2D eigenvalue weighted by Gasteiger charge is 2.38. The van der Waals surface area contributed by atoms with Crippen molar-refractivity contribution >= 4 is 32.7 Å². The zero-order chi connectivity index (χ0) is 21.8. The SMILES string of the molecule is CC1(NC(=O)CBr)CCC(C(C)(C)NC[C@@H](O)COc2cccc3[nH]ccc23)CC1. The molecular formula is C23H34BrN3O3. The van der Waals surface area contributed by atoms with E-state index >= 15 is 0 Å².